The van der Waals surface area contributed by atoms with E-state index >= 15 is 0 Å². The van der Waals surface area contributed by atoms with Crippen molar-refractivity contribution in [2.75, 3.05) is 19.6 Å². The zero-order valence-electron chi connectivity index (χ0n) is 13.0. The lowest BCUT2D eigenvalue weighted by Crippen LogP contribution is -2.34. The lowest BCUT2D eigenvalue weighted by molar-refractivity contribution is -0.121. The van der Waals surface area contributed by atoms with Crippen molar-refractivity contribution in [1.29, 1.82) is 0 Å². The van der Waals surface area contributed by atoms with E-state index in [1.165, 1.54) is 0 Å². The Bertz CT molecular complexity index is 217. The molecule has 0 aromatic carbocycles. The van der Waals surface area contributed by atoms with Crippen molar-refractivity contribution in [3.63, 3.8) is 0 Å². The Morgan fingerprint density at radius 1 is 0.944 bits per heavy atom. The maximum absolute atomic E-state index is 11.5. The van der Waals surface area contributed by atoms with Gasteiger partial charge in [0.2, 0.25) is 5.91 Å². The van der Waals surface area contributed by atoms with Gasteiger partial charge in [-0.1, -0.05) is 41.5 Å². The predicted octanol–water partition coefficient (Wildman–Crippen LogP) is 2.67. The van der Waals surface area contributed by atoms with Crippen LogP contribution in [0.3, 0.4) is 0 Å². The minimum atomic E-state index is 0.154. The summed E-state index contributed by atoms with van der Waals surface area (Å²) in [5, 5.41) is 6.34. The second kappa shape index (κ2) is 9.37. The van der Waals surface area contributed by atoms with Crippen LogP contribution < -0.4 is 10.6 Å². The van der Waals surface area contributed by atoms with Crippen LogP contribution in [0, 0.1) is 23.7 Å². The number of nitrogens with one attached hydrogen (secondary N) is 2. The molecule has 0 aliphatic carbocycles. The van der Waals surface area contributed by atoms with Gasteiger partial charge in [0.25, 0.3) is 0 Å². The maximum Gasteiger partial charge on any atom is 0.221 e. The van der Waals surface area contributed by atoms with Crippen LogP contribution >= 0.6 is 0 Å². The Balaban J connectivity index is 3.68. The average molecular weight is 256 g/mol. The minimum Gasteiger partial charge on any atom is -0.356 e. The summed E-state index contributed by atoms with van der Waals surface area (Å²) in [6.45, 7) is 15.8. The Kier molecular flexibility index (Phi) is 9.08. The lowest BCUT2D eigenvalue weighted by Gasteiger charge is -2.25. The standard InChI is InChI=1S/C15H32N2O/c1-11(2)9-17-15(18)7-8-16-10-14(12(3)4)13(5)6/h11-14,16H,7-10H2,1-6H3,(H,17,18). The second-order valence-electron chi connectivity index (χ2n) is 6.30. The number of rotatable bonds is 9. The van der Waals surface area contributed by atoms with Gasteiger partial charge in [-0.15, -0.1) is 0 Å². The monoisotopic (exact) mass is 256 g/mol. The topological polar surface area (TPSA) is 41.1 Å². The molecule has 0 saturated heterocycles. The van der Waals surface area contributed by atoms with E-state index in [1.807, 2.05) is 0 Å². The summed E-state index contributed by atoms with van der Waals surface area (Å²) in [7, 11) is 0. The van der Waals surface area contributed by atoms with Crippen LogP contribution in [-0.2, 0) is 4.79 Å². The molecule has 0 saturated carbocycles. The first kappa shape index (κ1) is 17.4. The highest BCUT2D eigenvalue weighted by molar-refractivity contribution is 5.76. The SMILES string of the molecule is CC(C)CNC(=O)CCNCC(C(C)C)C(C)C. The summed E-state index contributed by atoms with van der Waals surface area (Å²) in [5.41, 5.74) is 0. The van der Waals surface area contributed by atoms with Gasteiger partial charge < -0.3 is 10.6 Å². The normalized spacial score (nSPS) is 11.9. The third kappa shape index (κ3) is 8.51. The van der Waals surface area contributed by atoms with Crippen molar-refractivity contribution in [1.82, 2.24) is 10.6 Å². The van der Waals surface area contributed by atoms with Crippen molar-refractivity contribution in [3.05, 3.63) is 0 Å². The van der Waals surface area contributed by atoms with Crippen LogP contribution in [0.4, 0.5) is 0 Å². The Labute approximate surface area is 113 Å². The van der Waals surface area contributed by atoms with E-state index < -0.39 is 0 Å². The van der Waals surface area contributed by atoms with Crippen LogP contribution in [0.5, 0.6) is 0 Å². The van der Waals surface area contributed by atoms with E-state index in [9.17, 15) is 4.79 Å². The second-order valence-corrected chi connectivity index (χ2v) is 6.30. The molecule has 108 valence electrons. The Morgan fingerprint density at radius 2 is 1.50 bits per heavy atom. The number of carbonyl (C=O) groups is 1. The molecule has 0 radical (unpaired) electrons. The molecule has 0 heterocycles. The fourth-order valence-electron chi connectivity index (χ4n) is 2.12. The molecule has 0 rings (SSSR count). The van der Waals surface area contributed by atoms with E-state index in [1.54, 1.807) is 0 Å². The van der Waals surface area contributed by atoms with Crippen LogP contribution in [0.1, 0.15) is 48.0 Å². The van der Waals surface area contributed by atoms with E-state index in [4.69, 9.17) is 0 Å². The smallest absolute Gasteiger partial charge is 0.221 e. The van der Waals surface area contributed by atoms with Crippen molar-refractivity contribution < 1.29 is 4.79 Å². The molecule has 2 N–H and O–H groups in total. The first-order valence-corrected chi connectivity index (χ1v) is 7.32. The molecule has 18 heavy (non-hydrogen) atoms. The summed E-state index contributed by atoms with van der Waals surface area (Å²) in [6, 6.07) is 0. The highest BCUT2D eigenvalue weighted by Gasteiger charge is 2.16. The van der Waals surface area contributed by atoms with Crippen LogP contribution in [0.25, 0.3) is 0 Å². The van der Waals surface area contributed by atoms with Crippen molar-refractivity contribution in [2.24, 2.45) is 23.7 Å². The fourth-order valence-corrected chi connectivity index (χ4v) is 2.12. The summed E-state index contributed by atoms with van der Waals surface area (Å²) in [6.07, 6.45) is 0.579. The number of hydrogen-bond donors (Lipinski definition) is 2. The van der Waals surface area contributed by atoms with Crippen molar-refractivity contribution in [2.45, 2.75) is 48.0 Å². The molecule has 0 spiro atoms. The molecule has 0 aromatic heterocycles. The maximum atomic E-state index is 11.5. The predicted molar refractivity (Wildman–Crippen MR) is 78.5 cm³/mol. The Morgan fingerprint density at radius 3 is 1.94 bits per heavy atom. The molecule has 0 aliphatic heterocycles. The van der Waals surface area contributed by atoms with Crippen molar-refractivity contribution in [3.8, 4) is 0 Å². The van der Waals surface area contributed by atoms with E-state index in [-0.39, 0.29) is 5.91 Å². The van der Waals surface area contributed by atoms with Gasteiger partial charge in [0.1, 0.15) is 0 Å². The lowest BCUT2D eigenvalue weighted by atomic mass is 9.85. The molecular formula is C15H32N2O. The van der Waals surface area contributed by atoms with Gasteiger partial charge in [0.15, 0.2) is 0 Å². The highest BCUT2D eigenvalue weighted by Crippen LogP contribution is 2.19. The van der Waals surface area contributed by atoms with E-state index in [2.05, 4.69) is 52.2 Å². The quantitative estimate of drug-likeness (QED) is 0.623. The minimum absolute atomic E-state index is 0.154. The van der Waals surface area contributed by atoms with E-state index in [0.717, 1.165) is 19.6 Å². The zero-order chi connectivity index (χ0) is 14.1. The third-order valence-electron chi connectivity index (χ3n) is 3.33. The number of carbonyl (C=O) groups excluding carboxylic acids is 1. The van der Waals surface area contributed by atoms with Gasteiger partial charge in [-0.25, -0.2) is 0 Å². The largest absolute Gasteiger partial charge is 0.356 e. The zero-order valence-corrected chi connectivity index (χ0v) is 13.0. The highest BCUT2D eigenvalue weighted by atomic mass is 16.1. The summed E-state index contributed by atoms with van der Waals surface area (Å²) < 4.78 is 0. The fraction of sp³-hybridized carbons (Fsp3) is 0.933. The molecule has 0 bridgehead atoms. The van der Waals surface area contributed by atoms with Crippen LogP contribution in [0.15, 0.2) is 0 Å². The molecule has 3 heteroatoms. The Hall–Kier alpha value is -0.570. The van der Waals surface area contributed by atoms with Gasteiger partial charge >= 0.3 is 0 Å². The number of amides is 1. The molecule has 0 aliphatic rings. The molecule has 0 unspecified atom stereocenters. The third-order valence-corrected chi connectivity index (χ3v) is 3.33. The first-order chi connectivity index (χ1) is 8.34. The first-order valence-electron chi connectivity index (χ1n) is 7.32. The van der Waals surface area contributed by atoms with Gasteiger partial charge in [-0.2, -0.15) is 0 Å². The average Bonchev–Trinajstić information content (AvgIpc) is 2.24. The summed E-state index contributed by atoms with van der Waals surface area (Å²) in [5.74, 6) is 2.73. The van der Waals surface area contributed by atoms with Gasteiger partial charge in [-0.05, 0) is 30.2 Å². The summed E-state index contributed by atoms with van der Waals surface area (Å²) >= 11 is 0. The molecular weight excluding hydrogens is 224 g/mol. The molecule has 0 aromatic rings. The van der Waals surface area contributed by atoms with Crippen LogP contribution in [-0.4, -0.2) is 25.5 Å². The number of hydrogen-bond acceptors (Lipinski definition) is 2. The van der Waals surface area contributed by atoms with Crippen LogP contribution in [0.2, 0.25) is 0 Å². The van der Waals surface area contributed by atoms with Gasteiger partial charge in [0.05, 0.1) is 0 Å². The summed E-state index contributed by atoms with van der Waals surface area (Å²) in [4.78, 5) is 11.5. The van der Waals surface area contributed by atoms with Crippen molar-refractivity contribution >= 4 is 5.91 Å². The molecule has 3 nitrogen and oxygen atoms in total. The van der Waals surface area contributed by atoms with Gasteiger partial charge in [0, 0.05) is 19.5 Å². The molecule has 0 atom stereocenters. The van der Waals surface area contributed by atoms with Gasteiger partial charge in [-0.3, -0.25) is 4.79 Å². The molecule has 0 fully saturated rings. The van der Waals surface area contributed by atoms with E-state index in [0.29, 0.717) is 30.1 Å². The molecule has 1 amide bonds.